The van der Waals surface area contributed by atoms with Crippen LogP contribution in [0, 0.1) is 5.82 Å². The van der Waals surface area contributed by atoms with E-state index in [0.717, 1.165) is 14.2 Å². The quantitative estimate of drug-likeness (QED) is 0.842. The molecule has 114 valence electrons. The standard InChI is InChI=1S/C14H16FNO5/c1-19-13(17)9-3-4-10(21-8-5-7(16)6-8)12(15)11(9)14(18)20-2/h3-4,7-8H,5-6,16H2,1-2H3. The maximum atomic E-state index is 14.4. The normalized spacial score (nSPS) is 20.4. The van der Waals surface area contributed by atoms with Gasteiger partial charge in [0, 0.05) is 6.04 Å². The summed E-state index contributed by atoms with van der Waals surface area (Å²) in [6.45, 7) is 0. The number of methoxy groups -OCH3 is 2. The van der Waals surface area contributed by atoms with E-state index in [9.17, 15) is 14.0 Å². The summed E-state index contributed by atoms with van der Waals surface area (Å²) in [6, 6.07) is 2.61. The number of halogens is 1. The Morgan fingerprint density at radius 3 is 2.33 bits per heavy atom. The zero-order valence-corrected chi connectivity index (χ0v) is 11.7. The average molecular weight is 297 g/mol. The van der Waals surface area contributed by atoms with Crippen molar-refractivity contribution in [3.05, 3.63) is 29.1 Å². The van der Waals surface area contributed by atoms with Gasteiger partial charge in [-0.1, -0.05) is 0 Å². The number of nitrogens with two attached hydrogens (primary N) is 1. The molecule has 7 heteroatoms. The molecule has 2 N–H and O–H groups in total. The van der Waals surface area contributed by atoms with Crippen LogP contribution in [0.4, 0.5) is 4.39 Å². The molecule has 0 amide bonds. The van der Waals surface area contributed by atoms with Gasteiger partial charge in [0.05, 0.1) is 19.8 Å². The second-order valence-corrected chi connectivity index (χ2v) is 4.75. The Morgan fingerprint density at radius 2 is 1.81 bits per heavy atom. The van der Waals surface area contributed by atoms with Crippen molar-refractivity contribution < 1.29 is 28.2 Å². The number of carbonyl (C=O) groups is 2. The maximum absolute atomic E-state index is 14.4. The van der Waals surface area contributed by atoms with Crippen LogP contribution in [0.2, 0.25) is 0 Å². The number of ether oxygens (including phenoxy) is 3. The highest BCUT2D eigenvalue weighted by atomic mass is 19.1. The molecule has 0 bridgehead atoms. The Morgan fingerprint density at radius 1 is 1.19 bits per heavy atom. The second kappa shape index (κ2) is 6.09. The van der Waals surface area contributed by atoms with E-state index in [1.54, 1.807) is 0 Å². The monoisotopic (exact) mass is 297 g/mol. The molecule has 0 unspecified atom stereocenters. The lowest BCUT2D eigenvalue weighted by atomic mass is 9.90. The molecule has 0 aliphatic heterocycles. The third-order valence-electron chi connectivity index (χ3n) is 3.33. The molecule has 21 heavy (non-hydrogen) atoms. The lowest BCUT2D eigenvalue weighted by Gasteiger charge is -2.32. The summed E-state index contributed by atoms with van der Waals surface area (Å²) in [5.74, 6) is -2.85. The van der Waals surface area contributed by atoms with Crippen LogP contribution < -0.4 is 10.5 Å². The van der Waals surface area contributed by atoms with Crippen LogP contribution in [0.25, 0.3) is 0 Å². The molecule has 1 aliphatic carbocycles. The van der Waals surface area contributed by atoms with Crippen LogP contribution in [0.1, 0.15) is 33.6 Å². The van der Waals surface area contributed by atoms with Crippen molar-refractivity contribution in [1.82, 2.24) is 0 Å². The van der Waals surface area contributed by atoms with Gasteiger partial charge in [0.15, 0.2) is 11.6 Å². The highest BCUT2D eigenvalue weighted by molar-refractivity contribution is 6.03. The lowest BCUT2D eigenvalue weighted by molar-refractivity contribution is 0.0546. The summed E-state index contributed by atoms with van der Waals surface area (Å²) >= 11 is 0. The summed E-state index contributed by atoms with van der Waals surface area (Å²) in [4.78, 5) is 23.3. The molecule has 1 fully saturated rings. The highest BCUT2D eigenvalue weighted by Crippen LogP contribution is 2.30. The van der Waals surface area contributed by atoms with Gasteiger partial charge in [-0.3, -0.25) is 0 Å². The average Bonchev–Trinajstić information content (AvgIpc) is 2.45. The molecule has 1 aromatic carbocycles. The molecule has 0 spiro atoms. The third kappa shape index (κ3) is 2.97. The van der Waals surface area contributed by atoms with Crippen molar-refractivity contribution in [2.24, 2.45) is 5.73 Å². The minimum Gasteiger partial charge on any atom is -0.487 e. The minimum absolute atomic E-state index is 0.0486. The van der Waals surface area contributed by atoms with Gasteiger partial charge >= 0.3 is 11.9 Å². The van der Waals surface area contributed by atoms with Gasteiger partial charge < -0.3 is 19.9 Å². The number of carbonyl (C=O) groups excluding carboxylic acids is 2. The van der Waals surface area contributed by atoms with Gasteiger partial charge in [-0.15, -0.1) is 0 Å². The fraction of sp³-hybridized carbons (Fsp3) is 0.429. The van der Waals surface area contributed by atoms with Gasteiger partial charge in [0.1, 0.15) is 11.7 Å². The number of hydrogen-bond acceptors (Lipinski definition) is 6. The highest BCUT2D eigenvalue weighted by Gasteiger charge is 2.31. The van der Waals surface area contributed by atoms with E-state index in [1.807, 2.05) is 0 Å². The molecule has 0 radical (unpaired) electrons. The van der Waals surface area contributed by atoms with Crippen molar-refractivity contribution in [3.63, 3.8) is 0 Å². The van der Waals surface area contributed by atoms with Crippen LogP contribution in [-0.4, -0.2) is 38.3 Å². The van der Waals surface area contributed by atoms with Crippen molar-refractivity contribution in [2.75, 3.05) is 14.2 Å². The van der Waals surface area contributed by atoms with Gasteiger partial charge in [-0.2, -0.15) is 0 Å². The molecule has 0 saturated heterocycles. The van der Waals surface area contributed by atoms with Crippen molar-refractivity contribution in [3.8, 4) is 5.75 Å². The van der Waals surface area contributed by atoms with Crippen LogP contribution in [0.3, 0.4) is 0 Å². The smallest absolute Gasteiger partial charge is 0.341 e. The first kappa shape index (κ1) is 15.2. The number of esters is 2. The molecule has 0 heterocycles. The van der Waals surface area contributed by atoms with Crippen LogP contribution in [-0.2, 0) is 9.47 Å². The first-order chi connectivity index (χ1) is 9.97. The number of rotatable bonds is 4. The van der Waals surface area contributed by atoms with Gasteiger partial charge in [0.25, 0.3) is 0 Å². The lowest BCUT2D eigenvalue weighted by Crippen LogP contribution is -2.43. The molecule has 0 aromatic heterocycles. The summed E-state index contributed by atoms with van der Waals surface area (Å²) in [5, 5.41) is 0. The predicted octanol–water partition coefficient (Wildman–Crippen LogP) is 1.27. The maximum Gasteiger partial charge on any atom is 0.341 e. The van der Waals surface area contributed by atoms with E-state index in [-0.39, 0.29) is 23.5 Å². The van der Waals surface area contributed by atoms with E-state index >= 15 is 0 Å². The molecule has 2 rings (SSSR count). The topological polar surface area (TPSA) is 87.9 Å². The second-order valence-electron chi connectivity index (χ2n) is 4.75. The molecule has 1 saturated carbocycles. The Labute approximate surface area is 121 Å². The summed E-state index contributed by atoms with van der Waals surface area (Å²) in [6.07, 6.45) is 1.04. The summed E-state index contributed by atoms with van der Waals surface area (Å²) in [5.41, 5.74) is 4.93. The molecular formula is C14H16FNO5. The van der Waals surface area contributed by atoms with E-state index in [1.165, 1.54) is 12.1 Å². The van der Waals surface area contributed by atoms with E-state index < -0.39 is 23.3 Å². The van der Waals surface area contributed by atoms with Crippen molar-refractivity contribution in [2.45, 2.75) is 25.0 Å². The van der Waals surface area contributed by atoms with Gasteiger partial charge in [-0.05, 0) is 25.0 Å². The predicted molar refractivity (Wildman–Crippen MR) is 70.7 cm³/mol. The van der Waals surface area contributed by atoms with Crippen LogP contribution in [0.5, 0.6) is 5.75 Å². The van der Waals surface area contributed by atoms with Crippen LogP contribution in [0.15, 0.2) is 12.1 Å². The molecule has 6 nitrogen and oxygen atoms in total. The van der Waals surface area contributed by atoms with Crippen molar-refractivity contribution in [1.29, 1.82) is 0 Å². The SMILES string of the molecule is COC(=O)c1ccc(OC2CC(N)C2)c(F)c1C(=O)OC. The molecule has 0 atom stereocenters. The van der Waals surface area contributed by atoms with Crippen molar-refractivity contribution >= 4 is 11.9 Å². The summed E-state index contributed by atoms with van der Waals surface area (Å²) in [7, 11) is 2.24. The largest absolute Gasteiger partial charge is 0.487 e. The Balaban J connectivity index is 2.36. The molecule has 1 aromatic rings. The Bertz CT molecular complexity index is 569. The fourth-order valence-corrected chi connectivity index (χ4v) is 2.11. The van der Waals surface area contributed by atoms with E-state index in [4.69, 9.17) is 10.5 Å². The number of hydrogen-bond donors (Lipinski definition) is 1. The Kier molecular flexibility index (Phi) is 4.42. The van der Waals surface area contributed by atoms with E-state index in [2.05, 4.69) is 9.47 Å². The fourth-order valence-electron chi connectivity index (χ4n) is 2.11. The zero-order chi connectivity index (χ0) is 15.6. The van der Waals surface area contributed by atoms with E-state index in [0.29, 0.717) is 12.8 Å². The van der Waals surface area contributed by atoms with Gasteiger partial charge in [-0.25, -0.2) is 14.0 Å². The third-order valence-corrected chi connectivity index (χ3v) is 3.33. The first-order valence-corrected chi connectivity index (χ1v) is 6.39. The Hall–Kier alpha value is -2.15. The first-order valence-electron chi connectivity index (χ1n) is 6.39. The minimum atomic E-state index is -0.969. The summed E-state index contributed by atoms with van der Waals surface area (Å²) < 4.78 is 28.9. The number of benzene rings is 1. The van der Waals surface area contributed by atoms with Crippen LogP contribution >= 0.6 is 0 Å². The molecular weight excluding hydrogens is 281 g/mol. The van der Waals surface area contributed by atoms with Gasteiger partial charge in [0.2, 0.25) is 0 Å². The molecule has 1 aliphatic rings. The zero-order valence-electron chi connectivity index (χ0n) is 11.7.